The number of aryl methyl sites for hydroxylation is 2. The van der Waals surface area contributed by atoms with Crippen LogP contribution in [0, 0.1) is 10.1 Å². The van der Waals surface area contributed by atoms with Crippen molar-refractivity contribution in [1.29, 1.82) is 0 Å². The van der Waals surface area contributed by atoms with Crippen LogP contribution in [0.3, 0.4) is 0 Å². The summed E-state index contributed by atoms with van der Waals surface area (Å²) in [7, 11) is 1.70. The first-order valence-corrected chi connectivity index (χ1v) is 6.05. The summed E-state index contributed by atoms with van der Waals surface area (Å²) in [6, 6.07) is 0. The molecule has 0 unspecified atom stereocenters. The average molecular weight is 264 g/mol. The van der Waals surface area contributed by atoms with Gasteiger partial charge in [0.25, 0.3) is 0 Å². The smallest absolute Gasteiger partial charge is 0.334 e. The molecule has 0 aromatic carbocycles. The molecule has 0 saturated heterocycles. The molecule has 0 aliphatic rings. The van der Waals surface area contributed by atoms with Gasteiger partial charge in [0, 0.05) is 25.4 Å². The number of rotatable bonds is 6. The van der Waals surface area contributed by atoms with Crippen molar-refractivity contribution in [1.82, 2.24) is 20.0 Å². The van der Waals surface area contributed by atoms with Gasteiger partial charge >= 0.3 is 5.69 Å². The third kappa shape index (κ3) is 2.72. The molecule has 2 rings (SSSR count). The van der Waals surface area contributed by atoms with Gasteiger partial charge in [-0.15, -0.1) is 0 Å². The van der Waals surface area contributed by atoms with Crippen LogP contribution in [-0.2, 0) is 20.0 Å². The van der Waals surface area contributed by atoms with E-state index in [4.69, 9.17) is 0 Å². The minimum atomic E-state index is -0.379. The molecule has 102 valence electrons. The molecule has 0 bridgehead atoms. The Labute approximate surface area is 110 Å². The first kappa shape index (κ1) is 13.1. The summed E-state index contributed by atoms with van der Waals surface area (Å²) in [6.45, 7) is 2.43. The predicted octanol–water partition coefficient (Wildman–Crippen LogP) is 1.62. The van der Waals surface area contributed by atoms with Crippen LogP contribution in [0.5, 0.6) is 0 Å². The Morgan fingerprint density at radius 2 is 2.37 bits per heavy atom. The van der Waals surface area contributed by atoms with Crippen molar-refractivity contribution in [2.45, 2.75) is 26.3 Å². The topological polar surface area (TPSA) is 102 Å². The van der Waals surface area contributed by atoms with E-state index in [2.05, 4.69) is 20.6 Å². The van der Waals surface area contributed by atoms with Crippen LogP contribution in [0.15, 0.2) is 12.4 Å². The second kappa shape index (κ2) is 5.51. The zero-order chi connectivity index (χ0) is 13.8. The minimum Gasteiger partial charge on any atom is -0.360 e. The molecule has 0 fully saturated rings. The molecule has 0 atom stereocenters. The van der Waals surface area contributed by atoms with Crippen LogP contribution in [0.4, 0.5) is 11.5 Å². The van der Waals surface area contributed by atoms with Gasteiger partial charge in [-0.1, -0.05) is 13.3 Å². The van der Waals surface area contributed by atoms with E-state index in [1.54, 1.807) is 19.4 Å². The van der Waals surface area contributed by atoms with E-state index < -0.39 is 0 Å². The molecule has 0 aliphatic carbocycles. The zero-order valence-corrected chi connectivity index (χ0v) is 10.9. The summed E-state index contributed by atoms with van der Waals surface area (Å²) in [5, 5.41) is 25.0. The number of H-pyrrole nitrogens is 1. The molecule has 0 saturated carbocycles. The van der Waals surface area contributed by atoms with E-state index in [0.29, 0.717) is 24.5 Å². The van der Waals surface area contributed by atoms with Crippen molar-refractivity contribution in [2.75, 3.05) is 5.32 Å². The van der Waals surface area contributed by atoms with Gasteiger partial charge in [-0.3, -0.25) is 15.2 Å². The van der Waals surface area contributed by atoms with Gasteiger partial charge in [-0.2, -0.15) is 10.2 Å². The predicted molar refractivity (Wildman–Crippen MR) is 69.8 cm³/mol. The fraction of sp³-hybridized carbons (Fsp3) is 0.455. The number of nitro groups is 1. The first-order chi connectivity index (χ1) is 9.13. The molecule has 8 nitrogen and oxygen atoms in total. The summed E-state index contributed by atoms with van der Waals surface area (Å²) in [5.74, 6) is 0.426. The molecular formula is C11H16N6O2. The van der Waals surface area contributed by atoms with Crippen LogP contribution in [-0.4, -0.2) is 24.9 Å². The fourth-order valence-corrected chi connectivity index (χ4v) is 1.92. The molecule has 0 aliphatic heterocycles. The summed E-state index contributed by atoms with van der Waals surface area (Å²) >= 11 is 0. The van der Waals surface area contributed by atoms with Crippen molar-refractivity contribution < 1.29 is 4.92 Å². The molecular weight excluding hydrogens is 248 g/mol. The zero-order valence-electron chi connectivity index (χ0n) is 10.9. The SMILES string of the molecule is CCCc1nn(C)c(NCc2cn[nH]c2)c1[N+](=O)[O-]. The monoisotopic (exact) mass is 264 g/mol. The number of nitrogens with one attached hydrogen (secondary N) is 2. The number of nitrogens with zero attached hydrogens (tertiary/aromatic N) is 4. The van der Waals surface area contributed by atoms with Crippen molar-refractivity contribution in [2.24, 2.45) is 7.05 Å². The van der Waals surface area contributed by atoms with Gasteiger partial charge in [0.15, 0.2) is 0 Å². The van der Waals surface area contributed by atoms with Gasteiger partial charge in [0.1, 0.15) is 5.69 Å². The lowest BCUT2D eigenvalue weighted by Crippen LogP contribution is -2.05. The molecule has 0 amide bonds. The average Bonchev–Trinajstić information content (AvgIpc) is 2.95. The molecule has 2 aromatic heterocycles. The van der Waals surface area contributed by atoms with Gasteiger partial charge < -0.3 is 5.32 Å². The molecule has 2 aromatic rings. The van der Waals surface area contributed by atoms with E-state index in [9.17, 15) is 10.1 Å². The molecule has 2 N–H and O–H groups in total. The quantitative estimate of drug-likeness (QED) is 0.609. The normalized spacial score (nSPS) is 10.6. The number of anilines is 1. The molecule has 8 heteroatoms. The lowest BCUT2D eigenvalue weighted by Gasteiger charge is -2.03. The van der Waals surface area contributed by atoms with Crippen LogP contribution in [0.25, 0.3) is 0 Å². The van der Waals surface area contributed by atoms with Crippen molar-refractivity contribution in [3.05, 3.63) is 33.8 Å². The van der Waals surface area contributed by atoms with Crippen molar-refractivity contribution in [3.63, 3.8) is 0 Å². The van der Waals surface area contributed by atoms with Crippen LogP contribution in [0.1, 0.15) is 24.6 Å². The Kier molecular flexibility index (Phi) is 3.79. The second-order valence-corrected chi connectivity index (χ2v) is 4.23. The van der Waals surface area contributed by atoms with Crippen molar-refractivity contribution >= 4 is 11.5 Å². The van der Waals surface area contributed by atoms with Crippen molar-refractivity contribution in [3.8, 4) is 0 Å². The first-order valence-electron chi connectivity index (χ1n) is 6.05. The van der Waals surface area contributed by atoms with E-state index in [1.165, 1.54) is 4.68 Å². The Balaban J connectivity index is 2.25. The Morgan fingerprint density at radius 1 is 1.58 bits per heavy atom. The summed E-state index contributed by atoms with van der Waals surface area (Å²) in [6.07, 6.45) is 4.82. The minimum absolute atomic E-state index is 0.0628. The summed E-state index contributed by atoms with van der Waals surface area (Å²) < 4.78 is 1.52. The van der Waals surface area contributed by atoms with E-state index >= 15 is 0 Å². The Bertz CT molecular complexity index is 560. The standard InChI is InChI=1S/C11H16N6O2/c1-3-4-9-10(17(18)19)11(16(2)15-9)12-5-8-6-13-14-7-8/h6-7,12H,3-5H2,1-2H3,(H,13,14). The van der Waals surface area contributed by atoms with Gasteiger partial charge in [-0.05, 0) is 6.42 Å². The van der Waals surface area contributed by atoms with Gasteiger partial charge in [0.05, 0.1) is 11.1 Å². The summed E-state index contributed by atoms with van der Waals surface area (Å²) in [4.78, 5) is 10.8. The van der Waals surface area contributed by atoms with Gasteiger partial charge in [0.2, 0.25) is 5.82 Å². The maximum atomic E-state index is 11.2. The van der Waals surface area contributed by atoms with Crippen LogP contribution in [0.2, 0.25) is 0 Å². The number of aromatic nitrogens is 4. The highest BCUT2D eigenvalue weighted by molar-refractivity contribution is 5.60. The number of aromatic amines is 1. The third-order valence-electron chi connectivity index (χ3n) is 2.78. The maximum Gasteiger partial charge on any atom is 0.334 e. The van der Waals surface area contributed by atoms with E-state index in [0.717, 1.165) is 12.0 Å². The Hall–Kier alpha value is -2.38. The van der Waals surface area contributed by atoms with Gasteiger partial charge in [-0.25, -0.2) is 4.68 Å². The van der Waals surface area contributed by atoms with Crippen LogP contribution < -0.4 is 5.32 Å². The lowest BCUT2D eigenvalue weighted by atomic mass is 10.2. The largest absolute Gasteiger partial charge is 0.360 e. The molecule has 0 radical (unpaired) electrons. The number of hydrogen-bond acceptors (Lipinski definition) is 5. The molecule has 19 heavy (non-hydrogen) atoms. The fourth-order valence-electron chi connectivity index (χ4n) is 1.92. The Morgan fingerprint density at radius 3 is 2.95 bits per heavy atom. The highest BCUT2D eigenvalue weighted by atomic mass is 16.6. The highest BCUT2D eigenvalue weighted by Crippen LogP contribution is 2.29. The third-order valence-corrected chi connectivity index (χ3v) is 2.78. The molecule has 0 spiro atoms. The second-order valence-electron chi connectivity index (χ2n) is 4.23. The summed E-state index contributed by atoms with van der Waals surface area (Å²) in [5.41, 5.74) is 1.50. The number of hydrogen-bond donors (Lipinski definition) is 2. The molecule has 2 heterocycles. The van der Waals surface area contributed by atoms with Crippen LogP contribution >= 0.6 is 0 Å². The lowest BCUT2D eigenvalue weighted by molar-refractivity contribution is -0.384. The maximum absolute atomic E-state index is 11.2. The highest BCUT2D eigenvalue weighted by Gasteiger charge is 2.25. The van der Waals surface area contributed by atoms with E-state index in [-0.39, 0.29) is 10.6 Å². The van der Waals surface area contributed by atoms with E-state index in [1.807, 2.05) is 6.92 Å².